The number of rotatable bonds is 4. The minimum atomic E-state index is 0.270. The maximum absolute atomic E-state index is 4.54. The molecule has 1 N–H and O–H groups in total. The Balaban J connectivity index is 1.96. The van der Waals surface area contributed by atoms with Crippen LogP contribution >= 0.6 is 0 Å². The minimum Gasteiger partial charge on any atom is -0.354 e. The van der Waals surface area contributed by atoms with E-state index in [0.717, 1.165) is 45.1 Å². The first-order chi connectivity index (χ1) is 9.50. The Kier molecular flexibility index (Phi) is 5.00. The van der Waals surface area contributed by atoms with Crippen molar-refractivity contribution in [1.82, 2.24) is 15.2 Å². The van der Waals surface area contributed by atoms with Crippen LogP contribution in [0.4, 0.5) is 5.82 Å². The van der Waals surface area contributed by atoms with Crippen LogP contribution < -0.4 is 10.2 Å². The summed E-state index contributed by atoms with van der Waals surface area (Å²) in [4.78, 5) is 9.49. The zero-order valence-electron chi connectivity index (χ0n) is 13.3. The van der Waals surface area contributed by atoms with Gasteiger partial charge in [-0.15, -0.1) is 0 Å². The van der Waals surface area contributed by atoms with Crippen molar-refractivity contribution in [3.63, 3.8) is 0 Å². The Morgan fingerprint density at radius 1 is 1.20 bits per heavy atom. The molecular weight excluding hydrogens is 248 g/mol. The summed E-state index contributed by atoms with van der Waals surface area (Å²) >= 11 is 0. The largest absolute Gasteiger partial charge is 0.354 e. The van der Waals surface area contributed by atoms with Gasteiger partial charge in [0.1, 0.15) is 5.82 Å². The van der Waals surface area contributed by atoms with Gasteiger partial charge >= 0.3 is 0 Å². The van der Waals surface area contributed by atoms with E-state index in [1.165, 1.54) is 5.56 Å². The normalized spacial score (nSPS) is 17.5. The zero-order chi connectivity index (χ0) is 14.6. The molecule has 0 spiro atoms. The van der Waals surface area contributed by atoms with Crippen molar-refractivity contribution in [2.24, 2.45) is 0 Å². The second kappa shape index (κ2) is 6.55. The fraction of sp³-hybridized carbons (Fsp3) is 0.688. The van der Waals surface area contributed by atoms with E-state index in [9.17, 15) is 0 Å². The van der Waals surface area contributed by atoms with Crippen molar-refractivity contribution in [3.05, 3.63) is 23.9 Å². The first-order valence-electron chi connectivity index (χ1n) is 7.66. The predicted octanol–water partition coefficient (Wildman–Crippen LogP) is 2.11. The van der Waals surface area contributed by atoms with Gasteiger partial charge in [0, 0.05) is 44.5 Å². The molecule has 1 aliphatic heterocycles. The Morgan fingerprint density at radius 2 is 1.90 bits per heavy atom. The van der Waals surface area contributed by atoms with E-state index < -0.39 is 0 Å². The maximum atomic E-state index is 4.54. The highest BCUT2D eigenvalue weighted by Gasteiger charge is 2.26. The summed E-state index contributed by atoms with van der Waals surface area (Å²) in [5, 5.41) is 3.37. The molecule has 0 bridgehead atoms. The highest BCUT2D eigenvalue weighted by atomic mass is 15.3. The predicted molar refractivity (Wildman–Crippen MR) is 85.2 cm³/mol. The fourth-order valence-corrected chi connectivity index (χ4v) is 2.62. The molecule has 2 rings (SSSR count). The molecule has 1 fully saturated rings. The van der Waals surface area contributed by atoms with Crippen LogP contribution in [0.15, 0.2) is 18.3 Å². The molecule has 4 nitrogen and oxygen atoms in total. The zero-order valence-corrected chi connectivity index (χ0v) is 13.3. The lowest BCUT2D eigenvalue weighted by Gasteiger charge is -2.42. The lowest BCUT2D eigenvalue weighted by Crippen LogP contribution is -2.53. The first kappa shape index (κ1) is 15.3. The van der Waals surface area contributed by atoms with Crippen molar-refractivity contribution in [2.75, 3.05) is 37.6 Å². The van der Waals surface area contributed by atoms with E-state index in [2.05, 4.69) is 59.9 Å². The highest BCUT2D eigenvalue weighted by Crippen LogP contribution is 2.19. The van der Waals surface area contributed by atoms with Crippen LogP contribution in [-0.2, 0) is 6.54 Å². The third-order valence-corrected chi connectivity index (χ3v) is 3.94. The molecule has 0 aliphatic carbocycles. The number of nitrogens with zero attached hydrogens (tertiary/aromatic N) is 3. The fourth-order valence-electron chi connectivity index (χ4n) is 2.62. The van der Waals surface area contributed by atoms with Gasteiger partial charge in [0.05, 0.1) is 0 Å². The molecule has 1 aromatic heterocycles. The molecule has 20 heavy (non-hydrogen) atoms. The Bertz CT molecular complexity index is 417. The van der Waals surface area contributed by atoms with Gasteiger partial charge in [0.2, 0.25) is 0 Å². The molecule has 0 amide bonds. The van der Waals surface area contributed by atoms with Crippen molar-refractivity contribution < 1.29 is 0 Å². The SMILES string of the molecule is CCNCc1ccnc(N2CCN(C(C)(C)C)CC2)c1. The summed E-state index contributed by atoms with van der Waals surface area (Å²) in [7, 11) is 0. The van der Waals surface area contributed by atoms with Gasteiger partial charge in [-0.1, -0.05) is 6.92 Å². The van der Waals surface area contributed by atoms with E-state index in [1.54, 1.807) is 0 Å². The standard InChI is InChI=1S/C16H28N4/c1-5-17-13-14-6-7-18-15(12-14)19-8-10-20(11-9-19)16(2,3)4/h6-7,12,17H,5,8-11,13H2,1-4H3. The van der Waals surface area contributed by atoms with Crippen LogP contribution in [0.2, 0.25) is 0 Å². The Labute approximate surface area is 123 Å². The van der Waals surface area contributed by atoms with Crippen molar-refractivity contribution in [2.45, 2.75) is 39.8 Å². The van der Waals surface area contributed by atoms with Gasteiger partial charge in [0.15, 0.2) is 0 Å². The molecule has 0 atom stereocenters. The summed E-state index contributed by atoms with van der Waals surface area (Å²) in [6.45, 7) is 15.3. The minimum absolute atomic E-state index is 0.270. The quantitative estimate of drug-likeness (QED) is 0.913. The number of nitrogens with one attached hydrogen (secondary N) is 1. The van der Waals surface area contributed by atoms with Crippen LogP contribution in [-0.4, -0.2) is 48.1 Å². The molecule has 0 unspecified atom stereocenters. The van der Waals surface area contributed by atoms with Crippen LogP contribution in [0, 0.1) is 0 Å². The van der Waals surface area contributed by atoms with Crippen LogP contribution in [0.1, 0.15) is 33.3 Å². The van der Waals surface area contributed by atoms with Crippen molar-refractivity contribution in [1.29, 1.82) is 0 Å². The molecule has 112 valence electrons. The molecular formula is C16H28N4. The molecule has 2 heterocycles. The van der Waals surface area contributed by atoms with Gasteiger partial charge in [-0.2, -0.15) is 0 Å². The number of hydrogen-bond acceptors (Lipinski definition) is 4. The lowest BCUT2D eigenvalue weighted by molar-refractivity contribution is 0.128. The average Bonchev–Trinajstić information content (AvgIpc) is 2.45. The molecule has 4 heteroatoms. The second-order valence-electron chi connectivity index (χ2n) is 6.45. The van der Waals surface area contributed by atoms with Gasteiger partial charge in [0.25, 0.3) is 0 Å². The number of piperazine rings is 1. The smallest absolute Gasteiger partial charge is 0.128 e. The summed E-state index contributed by atoms with van der Waals surface area (Å²) in [5.41, 5.74) is 1.59. The molecule has 1 aromatic rings. The molecule has 1 aliphatic rings. The lowest BCUT2D eigenvalue weighted by atomic mass is 10.0. The monoisotopic (exact) mass is 276 g/mol. The number of anilines is 1. The van der Waals surface area contributed by atoms with E-state index in [1.807, 2.05) is 6.20 Å². The van der Waals surface area contributed by atoms with E-state index in [-0.39, 0.29) is 5.54 Å². The van der Waals surface area contributed by atoms with Crippen LogP contribution in [0.3, 0.4) is 0 Å². The van der Waals surface area contributed by atoms with E-state index in [0.29, 0.717) is 0 Å². The number of aromatic nitrogens is 1. The van der Waals surface area contributed by atoms with Gasteiger partial charge in [-0.3, -0.25) is 4.90 Å². The number of pyridine rings is 1. The van der Waals surface area contributed by atoms with Crippen LogP contribution in [0.25, 0.3) is 0 Å². The summed E-state index contributed by atoms with van der Waals surface area (Å²) in [6, 6.07) is 4.31. The molecule has 1 saturated heterocycles. The van der Waals surface area contributed by atoms with Gasteiger partial charge in [-0.25, -0.2) is 4.98 Å². The van der Waals surface area contributed by atoms with Crippen molar-refractivity contribution >= 4 is 5.82 Å². The Hall–Kier alpha value is -1.13. The number of hydrogen-bond donors (Lipinski definition) is 1. The van der Waals surface area contributed by atoms with E-state index >= 15 is 0 Å². The maximum Gasteiger partial charge on any atom is 0.128 e. The third-order valence-electron chi connectivity index (χ3n) is 3.94. The summed E-state index contributed by atoms with van der Waals surface area (Å²) < 4.78 is 0. The summed E-state index contributed by atoms with van der Waals surface area (Å²) in [6.07, 6.45) is 1.93. The summed E-state index contributed by atoms with van der Waals surface area (Å²) in [5.74, 6) is 1.12. The molecule has 0 saturated carbocycles. The highest BCUT2D eigenvalue weighted by molar-refractivity contribution is 5.41. The van der Waals surface area contributed by atoms with Crippen LogP contribution in [0.5, 0.6) is 0 Å². The van der Waals surface area contributed by atoms with Gasteiger partial charge < -0.3 is 10.2 Å². The van der Waals surface area contributed by atoms with E-state index in [4.69, 9.17) is 0 Å². The Morgan fingerprint density at radius 3 is 2.50 bits per heavy atom. The molecule has 0 aromatic carbocycles. The third kappa shape index (κ3) is 3.93. The molecule has 0 radical (unpaired) electrons. The van der Waals surface area contributed by atoms with Gasteiger partial charge in [-0.05, 0) is 45.0 Å². The topological polar surface area (TPSA) is 31.4 Å². The van der Waals surface area contributed by atoms with Crippen molar-refractivity contribution in [3.8, 4) is 0 Å². The second-order valence-corrected chi connectivity index (χ2v) is 6.45. The average molecular weight is 276 g/mol. The first-order valence-corrected chi connectivity index (χ1v) is 7.66.